The quantitative estimate of drug-likeness (QED) is 0.0207. The van der Waals surface area contributed by atoms with Crippen molar-refractivity contribution in [3.63, 3.8) is 0 Å². The number of carbonyl (C=O) groups is 3. The van der Waals surface area contributed by atoms with E-state index in [1.807, 2.05) is 62.3 Å². The monoisotopic (exact) mass is 1920 g/mol. The topological polar surface area (TPSA) is 428 Å². The van der Waals surface area contributed by atoms with E-state index in [4.69, 9.17) is 39.8 Å². The van der Waals surface area contributed by atoms with Crippen molar-refractivity contribution in [2.75, 3.05) is 26.9 Å². The number of carbonyl (C=O) groups excluding carboxylic acids is 3. The second-order valence-electron chi connectivity index (χ2n) is 51.2. The van der Waals surface area contributed by atoms with E-state index in [0.29, 0.717) is 81.1 Å². The molecule has 27 heteroatoms. The zero-order valence-electron chi connectivity index (χ0n) is 87.5. The number of aliphatic hydroxyl groups is 13. The van der Waals surface area contributed by atoms with Crippen molar-refractivity contribution >= 4 is 28.8 Å². The molecule has 0 aromatic rings. The van der Waals surface area contributed by atoms with Crippen LogP contribution in [-0.2, 0) is 47.6 Å². The summed E-state index contributed by atoms with van der Waals surface area (Å²) in [6.45, 7) is 59.1. The van der Waals surface area contributed by atoms with Crippen LogP contribution in [0.1, 0.15) is 333 Å². The van der Waals surface area contributed by atoms with Crippen molar-refractivity contribution in [1.82, 2.24) is 0 Å². The molecule has 137 heavy (non-hydrogen) atoms. The Balaban J connectivity index is 0.000000174. The summed E-state index contributed by atoms with van der Waals surface area (Å²) >= 11 is 0. The summed E-state index contributed by atoms with van der Waals surface area (Å²) < 4.78 is 37.7. The first-order valence-corrected chi connectivity index (χ1v) is 52.2. The summed E-state index contributed by atoms with van der Waals surface area (Å²) in [7, 11) is 1.63. The molecule has 0 bridgehead atoms. The molecule has 0 amide bonds. The number of hydrogen-bond acceptors (Lipinski definition) is 26. The van der Waals surface area contributed by atoms with Gasteiger partial charge >= 0.3 is 0 Å². The van der Waals surface area contributed by atoms with Gasteiger partial charge in [-0.25, -0.2) is 4.85 Å². The van der Waals surface area contributed by atoms with Gasteiger partial charge in [0.05, 0.1) is 54.6 Å². The van der Waals surface area contributed by atoms with Crippen LogP contribution in [-0.4, -0.2) is 236 Å². The molecule has 14 fully saturated rings. The molecule has 14 N–H and O–H groups in total. The molecule has 3 aliphatic heterocycles. The zero-order chi connectivity index (χ0) is 102. The van der Waals surface area contributed by atoms with Crippen molar-refractivity contribution < 1.29 is 119 Å². The second-order valence-corrected chi connectivity index (χ2v) is 51.2. The number of ether oxygens (including phenoxy) is 6. The molecule has 3 saturated heterocycles. The molecular formula is C110H177N3O24. The van der Waals surface area contributed by atoms with Crippen LogP contribution in [0.25, 0.3) is 4.85 Å². The van der Waals surface area contributed by atoms with Gasteiger partial charge in [0, 0.05) is 53.3 Å². The van der Waals surface area contributed by atoms with Crippen molar-refractivity contribution in [1.29, 1.82) is 0 Å². The average molecular weight is 1930 g/mol. The number of rotatable bonds is 22. The van der Waals surface area contributed by atoms with E-state index < -0.39 is 134 Å². The molecule has 3 heterocycles. The van der Waals surface area contributed by atoms with Gasteiger partial charge in [0.1, 0.15) is 103 Å². The predicted molar refractivity (Wildman–Crippen MR) is 519 cm³/mol. The predicted octanol–water partition coefficient (Wildman–Crippen LogP) is 15.6. The zero-order valence-corrected chi connectivity index (χ0v) is 87.5. The van der Waals surface area contributed by atoms with Crippen LogP contribution in [0.15, 0.2) is 56.7 Å². The third-order valence-corrected chi connectivity index (χ3v) is 42.7. The van der Waals surface area contributed by atoms with Crippen LogP contribution < -0.4 is 0 Å². The fourth-order valence-electron chi connectivity index (χ4n) is 34.5. The minimum Gasteiger partial charge on any atom is -0.523 e. The highest BCUT2D eigenvalue weighted by molar-refractivity contribution is 5.92. The lowest BCUT2D eigenvalue weighted by molar-refractivity contribution is -0.333. The lowest BCUT2D eigenvalue weighted by atomic mass is 9.35. The number of allylic oxidation sites excluding steroid dienone is 8. The lowest BCUT2D eigenvalue weighted by Crippen LogP contribution is -2.66. The SMILES string of the molecule is CC(C)=CCC[C@](C)(O[C@@H]1OC(CO)[C@@H](O)[C@H](O)C1O)C1CC[C@]2(C)C1C(=O)CC1[C@@]3(C)CC/C(=N\O)C(C)(C)C3CC[C@]12C.CO/N=C1\CC[C@@]2(C)C(CC[C@]3(C)C2CC(=O)C2C([C@](C)(CCC=C(C)C)O[C@@H]4OC(CO)[C@@H](O)[C@H](O)C4O)CC[C@]23C)C1(C)C.[C-]#[N+]C1=C(O)C(C)(C)C2CC[C@]3(C)C(CC(=O)C4C([C@](C)(CCC=C(C)C)O[C@@H]5OC(CO)[C@@H](O)[C@H](O)C5O)CC[C@]43C)[C@@]2(C)C1. The van der Waals surface area contributed by atoms with Crippen molar-refractivity contribution in [2.45, 2.75) is 442 Å². The maximum Gasteiger partial charge on any atom is 0.203 e. The van der Waals surface area contributed by atoms with E-state index >= 15 is 0 Å². The summed E-state index contributed by atoms with van der Waals surface area (Å²) in [5, 5.41) is 154. The summed E-state index contributed by atoms with van der Waals surface area (Å²) in [4.78, 5) is 53.1. The maximum atomic E-state index is 14.7. The molecular weight excluding hydrogens is 1750 g/mol. The van der Waals surface area contributed by atoms with E-state index in [1.54, 1.807) is 7.11 Å². The molecule has 0 radical (unpaired) electrons. The number of nitrogens with zero attached hydrogens (tertiary/aromatic N) is 3. The highest BCUT2D eigenvalue weighted by Gasteiger charge is 2.77. The number of Topliss-reactive ketones (excluding diaryl/α,β-unsaturated/α-hetero) is 3. The van der Waals surface area contributed by atoms with E-state index in [9.17, 15) is 86.0 Å². The van der Waals surface area contributed by atoms with Gasteiger partial charge in [-0.1, -0.05) is 149 Å². The number of aliphatic hydroxyl groups excluding tert-OH is 13. The molecule has 776 valence electrons. The Bertz CT molecular complexity index is 4610. The first-order chi connectivity index (χ1) is 63.6. The third-order valence-electron chi connectivity index (χ3n) is 42.7. The lowest BCUT2D eigenvalue weighted by Gasteiger charge is -2.68. The van der Waals surface area contributed by atoms with E-state index in [2.05, 4.69) is 137 Å². The number of oxime groups is 2. The smallest absolute Gasteiger partial charge is 0.203 e. The highest BCUT2D eigenvalue weighted by Crippen LogP contribution is 2.80. The summed E-state index contributed by atoms with van der Waals surface area (Å²) in [5.41, 5.74) is 0.951. The van der Waals surface area contributed by atoms with Gasteiger partial charge in [0.15, 0.2) is 18.9 Å². The molecule has 27 nitrogen and oxygen atoms in total. The Morgan fingerprint density at radius 3 is 0.978 bits per heavy atom. The first-order valence-electron chi connectivity index (χ1n) is 52.2. The molecule has 39 atom stereocenters. The molecule has 0 aromatic heterocycles. The first kappa shape index (κ1) is 110. The van der Waals surface area contributed by atoms with Gasteiger partial charge in [-0.2, -0.15) is 0 Å². The Labute approximate surface area is 816 Å². The number of hydrogen-bond donors (Lipinski definition) is 14. The Kier molecular flexibility index (Phi) is 31.5. The summed E-state index contributed by atoms with van der Waals surface area (Å²) in [6, 6.07) is 0. The Morgan fingerprint density at radius 2 is 0.693 bits per heavy atom. The minimum absolute atomic E-state index is 0.00453. The van der Waals surface area contributed by atoms with Crippen LogP contribution in [0.2, 0.25) is 0 Å². The second kappa shape index (κ2) is 39.4. The van der Waals surface area contributed by atoms with Gasteiger partial charge in [-0.05, 0) is 312 Å². The highest BCUT2D eigenvalue weighted by atomic mass is 16.7. The van der Waals surface area contributed by atoms with Gasteiger partial charge in [0.25, 0.3) is 0 Å². The largest absolute Gasteiger partial charge is 0.523 e. The normalized spacial score (nSPS) is 47.3. The van der Waals surface area contributed by atoms with Gasteiger partial charge in [-0.3, -0.25) is 14.4 Å². The van der Waals surface area contributed by atoms with E-state index in [-0.39, 0.29) is 136 Å². The van der Waals surface area contributed by atoms with Crippen molar-refractivity contribution in [2.24, 2.45) is 146 Å². The molecule has 12 aliphatic carbocycles. The van der Waals surface area contributed by atoms with Crippen LogP contribution >= 0.6 is 0 Å². The molecule has 18 unspecified atom stereocenters. The van der Waals surface area contributed by atoms with Crippen LogP contribution in [0.4, 0.5) is 0 Å². The van der Waals surface area contributed by atoms with Crippen LogP contribution in [0.3, 0.4) is 0 Å². The third kappa shape index (κ3) is 17.9. The summed E-state index contributed by atoms with van der Waals surface area (Å²) in [5.74, 6) is 1.28. The van der Waals surface area contributed by atoms with Crippen LogP contribution in [0, 0.1) is 143 Å². The fourth-order valence-corrected chi connectivity index (χ4v) is 34.5. The fraction of sp³-hybridized carbons (Fsp3) is 0.873. The number of fused-ring (bicyclic) bond motifs is 15. The van der Waals surface area contributed by atoms with Crippen LogP contribution in [0.5, 0.6) is 0 Å². The molecule has 15 aliphatic rings. The molecule has 11 saturated carbocycles. The van der Waals surface area contributed by atoms with Gasteiger partial charge in [-0.15, -0.1) is 0 Å². The molecule has 0 spiro atoms. The van der Waals surface area contributed by atoms with Crippen molar-refractivity contribution in [3.05, 3.63) is 57.8 Å². The van der Waals surface area contributed by atoms with E-state index in [1.165, 1.54) is 11.1 Å². The van der Waals surface area contributed by atoms with Gasteiger partial charge < -0.3 is 105 Å². The van der Waals surface area contributed by atoms with E-state index in [0.717, 1.165) is 126 Å². The summed E-state index contributed by atoms with van der Waals surface area (Å²) in [6.07, 6.45) is 6.34. The number of ketones is 3. The molecule has 0 aromatic carbocycles. The Morgan fingerprint density at radius 1 is 0.409 bits per heavy atom. The molecule has 15 rings (SSSR count). The average Bonchev–Trinajstić information content (AvgIpc) is 1.62. The van der Waals surface area contributed by atoms with Gasteiger partial charge in [0.2, 0.25) is 5.70 Å². The standard InChI is InChI=1S/C37H61NO8.C37H57NO8.C36H59NO8/c1-21(2)11-10-15-37(8,46-32-31(43)30(42)29(41)24(20-39)45-32)22-12-17-36(7)28(22)23(40)19-26-34(5)16-14-27(38-44-9)33(3,4)25(34)13-18-35(26,36)6;1-20(2)11-10-14-37(8,46-32-30(43)29(42)28(41)24(19-39)45-32)21-12-15-36(7)27(21)23(40)17-26-34(5)18-22(38-9)31(44)33(3,4)25(34)13-16-35(26,36)6;1-20(2)10-9-14-36(8,45-31-30(42)29(41)28(40)23(19-38)44-31)21-11-16-35(7)27(21)22(39)18-25-33(5)15-13-26(37-43)32(3,4)24(33)12-17-34(25,35)6/h11,22,24-26,28-32,39,41-43H,10,12-20H2,1-9H3;11,21,24-30,32,39,41-44H,10,12-19H2,1-8H3;10,21,23-25,27-31,38,40-43H,9,11-19H2,1-8H3/b38-27+;;37-26+/t22?,24?,25?,26?,28?,29-,30+,31?,32+,34+,35-,36-,37+;21?,24?,25?,26?,27?,28-,29+,30?,32+,34+,35-,36-,37+;21?,23?,24?,25?,27?,28-,29+,30?,31+,33+,34-,35-,36+/m111/s1. The maximum absolute atomic E-state index is 14.7. The van der Waals surface area contributed by atoms with Crippen molar-refractivity contribution in [3.8, 4) is 0 Å². The minimum atomic E-state index is -1.55. The Hall–Kier alpha value is -4.52.